The first kappa shape index (κ1) is 26.6. The van der Waals surface area contributed by atoms with Crippen molar-refractivity contribution in [2.75, 3.05) is 57.8 Å². The summed E-state index contributed by atoms with van der Waals surface area (Å²) in [5.41, 5.74) is 3.22. The number of anilines is 1. The van der Waals surface area contributed by atoms with Gasteiger partial charge in [-0.15, -0.1) is 0 Å². The summed E-state index contributed by atoms with van der Waals surface area (Å²) in [6.07, 6.45) is 10.3. The van der Waals surface area contributed by atoms with Crippen LogP contribution in [-0.2, 0) is 16.1 Å². The standard InChI is InChI=1S/C25H38N6.C3H6O2/c1-24(2,3)17-31-16-20(15-27-31)22-6-5-9-26-23(22)30-12-10-29(11-13-30)21-7-8-25(14-21)18-28(4)19-25;1-2-5-3-4/h5-6,9,15-16,21H,7-8,10-14,17-19H2,1-4H3;3H,2H2,1H3. The van der Waals surface area contributed by atoms with E-state index in [-0.39, 0.29) is 5.41 Å². The molecule has 2 aliphatic heterocycles. The van der Waals surface area contributed by atoms with Gasteiger partial charge >= 0.3 is 0 Å². The Labute approximate surface area is 216 Å². The van der Waals surface area contributed by atoms with Crippen LogP contribution in [0.25, 0.3) is 11.1 Å². The second-order valence-electron chi connectivity index (χ2n) is 12.0. The fourth-order valence-electron chi connectivity index (χ4n) is 6.19. The minimum Gasteiger partial charge on any atom is -0.468 e. The molecular weight excluding hydrogens is 452 g/mol. The van der Waals surface area contributed by atoms with Crippen molar-refractivity contribution in [3.63, 3.8) is 0 Å². The summed E-state index contributed by atoms with van der Waals surface area (Å²) in [5, 5.41) is 4.62. The molecule has 1 unspecified atom stereocenters. The van der Waals surface area contributed by atoms with E-state index >= 15 is 0 Å². The number of pyridine rings is 1. The Hall–Kier alpha value is -2.45. The third kappa shape index (κ3) is 6.45. The van der Waals surface area contributed by atoms with Gasteiger partial charge in [0.05, 0.1) is 12.8 Å². The summed E-state index contributed by atoms with van der Waals surface area (Å²) in [6.45, 7) is 17.4. The van der Waals surface area contributed by atoms with E-state index in [1.54, 1.807) is 6.92 Å². The molecule has 5 rings (SSSR count). The summed E-state index contributed by atoms with van der Waals surface area (Å²) in [6, 6.07) is 5.03. The highest BCUT2D eigenvalue weighted by Crippen LogP contribution is 2.46. The van der Waals surface area contributed by atoms with Crippen LogP contribution in [0.5, 0.6) is 0 Å². The second-order valence-corrected chi connectivity index (χ2v) is 12.0. The largest absolute Gasteiger partial charge is 0.468 e. The Kier molecular flexibility index (Phi) is 8.35. The number of aromatic nitrogens is 3. The van der Waals surface area contributed by atoms with Crippen LogP contribution in [-0.4, -0.2) is 90.0 Å². The lowest BCUT2D eigenvalue weighted by molar-refractivity contribution is -0.128. The molecule has 1 aliphatic carbocycles. The fourth-order valence-corrected chi connectivity index (χ4v) is 6.19. The molecule has 2 aromatic rings. The molecule has 0 N–H and O–H groups in total. The van der Waals surface area contributed by atoms with Crippen molar-refractivity contribution in [3.05, 3.63) is 30.7 Å². The van der Waals surface area contributed by atoms with E-state index in [2.05, 4.69) is 69.3 Å². The van der Waals surface area contributed by atoms with Crippen LogP contribution in [0.1, 0.15) is 47.0 Å². The Balaban J connectivity index is 0.000000556. The summed E-state index contributed by atoms with van der Waals surface area (Å²) in [5.74, 6) is 1.11. The Morgan fingerprint density at radius 2 is 1.94 bits per heavy atom. The molecule has 1 atom stereocenters. The van der Waals surface area contributed by atoms with Crippen LogP contribution in [0.3, 0.4) is 0 Å². The smallest absolute Gasteiger partial charge is 0.293 e. The molecule has 2 aromatic heterocycles. The van der Waals surface area contributed by atoms with Gasteiger partial charge in [-0.05, 0) is 56.2 Å². The topological polar surface area (TPSA) is 66.7 Å². The van der Waals surface area contributed by atoms with E-state index in [0.29, 0.717) is 18.5 Å². The van der Waals surface area contributed by atoms with Crippen LogP contribution >= 0.6 is 0 Å². The van der Waals surface area contributed by atoms with Crippen LogP contribution in [0.15, 0.2) is 30.7 Å². The molecule has 8 heteroatoms. The van der Waals surface area contributed by atoms with Gasteiger partial charge in [-0.25, -0.2) is 4.98 Å². The van der Waals surface area contributed by atoms with Crippen molar-refractivity contribution in [1.29, 1.82) is 0 Å². The van der Waals surface area contributed by atoms with E-state index in [4.69, 9.17) is 4.98 Å². The number of likely N-dealkylation sites (tertiary alicyclic amines) is 1. The molecule has 0 bridgehead atoms. The highest BCUT2D eigenvalue weighted by atomic mass is 16.5. The molecule has 3 fully saturated rings. The van der Waals surface area contributed by atoms with Gasteiger partial charge in [-0.3, -0.25) is 14.4 Å². The maximum atomic E-state index is 9.18. The molecule has 36 heavy (non-hydrogen) atoms. The molecular formula is C28H44N6O2. The van der Waals surface area contributed by atoms with Crippen molar-refractivity contribution in [3.8, 4) is 11.1 Å². The monoisotopic (exact) mass is 496 g/mol. The lowest BCUT2D eigenvalue weighted by Gasteiger charge is -2.47. The van der Waals surface area contributed by atoms with Crippen LogP contribution in [0, 0.1) is 10.8 Å². The molecule has 198 valence electrons. The van der Waals surface area contributed by atoms with Gasteiger partial charge in [0, 0.05) is 75.4 Å². The third-order valence-corrected chi connectivity index (χ3v) is 7.62. The Morgan fingerprint density at radius 1 is 1.19 bits per heavy atom. The van der Waals surface area contributed by atoms with Crippen LogP contribution < -0.4 is 4.90 Å². The first-order valence-corrected chi connectivity index (χ1v) is 13.4. The van der Waals surface area contributed by atoms with Crippen molar-refractivity contribution >= 4 is 12.3 Å². The molecule has 1 spiro atoms. The number of nitrogens with zero attached hydrogens (tertiary/aromatic N) is 6. The number of hydrogen-bond acceptors (Lipinski definition) is 7. The molecule has 4 heterocycles. The first-order chi connectivity index (χ1) is 17.2. The van der Waals surface area contributed by atoms with E-state index in [1.807, 2.05) is 18.5 Å². The van der Waals surface area contributed by atoms with Crippen LogP contribution in [0.2, 0.25) is 0 Å². The number of carbonyl (C=O) groups is 1. The lowest BCUT2D eigenvalue weighted by atomic mass is 9.78. The van der Waals surface area contributed by atoms with Gasteiger partial charge in [-0.2, -0.15) is 5.10 Å². The molecule has 8 nitrogen and oxygen atoms in total. The van der Waals surface area contributed by atoms with E-state index in [1.165, 1.54) is 43.5 Å². The fraction of sp³-hybridized carbons (Fsp3) is 0.679. The maximum absolute atomic E-state index is 9.18. The number of rotatable bonds is 6. The molecule has 2 saturated heterocycles. The summed E-state index contributed by atoms with van der Waals surface area (Å²) >= 11 is 0. The van der Waals surface area contributed by atoms with Gasteiger partial charge in [-0.1, -0.05) is 20.8 Å². The highest BCUT2D eigenvalue weighted by Gasteiger charge is 2.48. The van der Waals surface area contributed by atoms with Crippen molar-refractivity contribution in [1.82, 2.24) is 24.6 Å². The van der Waals surface area contributed by atoms with Gasteiger partial charge in [0.1, 0.15) is 5.82 Å². The number of hydrogen-bond donors (Lipinski definition) is 0. The Bertz CT molecular complexity index is 986. The summed E-state index contributed by atoms with van der Waals surface area (Å²) in [4.78, 5) is 21.7. The predicted octanol–water partition coefficient (Wildman–Crippen LogP) is 3.78. The molecule has 0 radical (unpaired) electrons. The van der Waals surface area contributed by atoms with Gasteiger partial charge in [0.15, 0.2) is 0 Å². The number of carbonyl (C=O) groups excluding carboxylic acids is 1. The van der Waals surface area contributed by atoms with E-state index in [9.17, 15) is 4.79 Å². The Morgan fingerprint density at radius 3 is 2.56 bits per heavy atom. The first-order valence-electron chi connectivity index (χ1n) is 13.4. The minimum atomic E-state index is 0.213. The molecule has 0 aromatic carbocycles. The van der Waals surface area contributed by atoms with Gasteiger partial charge < -0.3 is 14.5 Å². The SMILES string of the molecule is CCOC=O.CN1CC2(CCC(N3CCN(c4ncccc4-c4cnn(CC(C)(C)C)c4)CC3)C2)C1. The van der Waals surface area contributed by atoms with Gasteiger partial charge in [0.25, 0.3) is 6.47 Å². The minimum absolute atomic E-state index is 0.213. The quantitative estimate of drug-likeness (QED) is 0.564. The third-order valence-electron chi connectivity index (χ3n) is 7.62. The lowest BCUT2D eigenvalue weighted by Crippen LogP contribution is -2.54. The van der Waals surface area contributed by atoms with Crippen molar-refractivity contribution in [2.24, 2.45) is 10.8 Å². The summed E-state index contributed by atoms with van der Waals surface area (Å²) in [7, 11) is 2.26. The second kappa shape index (κ2) is 11.3. The zero-order valence-electron chi connectivity index (χ0n) is 22.8. The van der Waals surface area contributed by atoms with Gasteiger partial charge in [0.2, 0.25) is 0 Å². The predicted molar refractivity (Wildman–Crippen MR) is 144 cm³/mol. The summed E-state index contributed by atoms with van der Waals surface area (Å²) < 4.78 is 6.22. The van der Waals surface area contributed by atoms with Crippen LogP contribution in [0.4, 0.5) is 5.82 Å². The molecule has 1 saturated carbocycles. The zero-order valence-corrected chi connectivity index (χ0v) is 22.8. The van der Waals surface area contributed by atoms with Crippen molar-refractivity contribution in [2.45, 2.75) is 59.5 Å². The molecule has 3 aliphatic rings. The normalized spacial score (nSPS) is 22.1. The molecule has 0 amide bonds. The zero-order chi connectivity index (χ0) is 25.8. The number of piperazine rings is 1. The van der Waals surface area contributed by atoms with Crippen molar-refractivity contribution < 1.29 is 9.53 Å². The van der Waals surface area contributed by atoms with E-state index < -0.39 is 0 Å². The highest BCUT2D eigenvalue weighted by molar-refractivity contribution is 5.75. The average Bonchev–Trinajstić information content (AvgIpc) is 3.47. The maximum Gasteiger partial charge on any atom is 0.293 e. The number of ether oxygens (including phenoxy) is 1. The van der Waals surface area contributed by atoms with E-state index in [0.717, 1.165) is 44.6 Å². The average molecular weight is 497 g/mol.